The summed E-state index contributed by atoms with van der Waals surface area (Å²) < 4.78 is 5.78. The predicted molar refractivity (Wildman–Crippen MR) is 97.7 cm³/mol. The second-order valence-electron chi connectivity index (χ2n) is 7.00. The number of urea groups is 1. The number of aromatic nitrogens is 1. The molecule has 0 unspecified atom stereocenters. The molecule has 3 rings (SSSR count). The SMILES string of the molecule is CCC(CC)(CCO)CNC(=O)Nc1ccc2nc(C3CC3)oc2c1. The maximum atomic E-state index is 12.2. The summed E-state index contributed by atoms with van der Waals surface area (Å²) in [5.41, 5.74) is 2.16. The highest BCUT2D eigenvalue weighted by Gasteiger charge is 2.29. The van der Waals surface area contributed by atoms with Crippen molar-refractivity contribution in [2.75, 3.05) is 18.5 Å². The first-order chi connectivity index (χ1) is 12.1. The third-order valence-electron chi connectivity index (χ3n) is 5.36. The maximum Gasteiger partial charge on any atom is 0.319 e. The Morgan fingerprint density at radius 3 is 2.76 bits per heavy atom. The Labute approximate surface area is 148 Å². The number of carbonyl (C=O) groups excluding carboxylic acids is 1. The molecule has 1 heterocycles. The van der Waals surface area contributed by atoms with Crippen LogP contribution >= 0.6 is 0 Å². The summed E-state index contributed by atoms with van der Waals surface area (Å²) in [7, 11) is 0. The monoisotopic (exact) mass is 345 g/mol. The molecule has 1 aliphatic rings. The van der Waals surface area contributed by atoms with Crippen molar-refractivity contribution in [2.24, 2.45) is 5.41 Å². The lowest BCUT2D eigenvalue weighted by molar-refractivity contribution is 0.165. The molecule has 136 valence electrons. The third kappa shape index (κ3) is 4.12. The number of benzene rings is 1. The maximum absolute atomic E-state index is 12.2. The zero-order valence-corrected chi connectivity index (χ0v) is 15.0. The number of carbonyl (C=O) groups is 1. The topological polar surface area (TPSA) is 87.4 Å². The minimum atomic E-state index is -0.245. The van der Waals surface area contributed by atoms with E-state index in [4.69, 9.17) is 4.42 Å². The summed E-state index contributed by atoms with van der Waals surface area (Å²) >= 11 is 0. The Hall–Kier alpha value is -2.08. The van der Waals surface area contributed by atoms with Gasteiger partial charge in [-0.15, -0.1) is 0 Å². The molecule has 6 heteroatoms. The highest BCUT2D eigenvalue weighted by atomic mass is 16.3. The molecule has 0 aliphatic heterocycles. The van der Waals surface area contributed by atoms with Crippen LogP contribution in [0.25, 0.3) is 11.1 Å². The van der Waals surface area contributed by atoms with E-state index in [2.05, 4.69) is 29.5 Å². The van der Waals surface area contributed by atoms with E-state index in [-0.39, 0.29) is 18.1 Å². The fourth-order valence-corrected chi connectivity index (χ4v) is 3.15. The normalized spacial score (nSPS) is 14.7. The number of nitrogens with zero attached hydrogens (tertiary/aromatic N) is 1. The lowest BCUT2D eigenvalue weighted by Crippen LogP contribution is -2.39. The molecule has 1 aliphatic carbocycles. The van der Waals surface area contributed by atoms with Crippen LogP contribution < -0.4 is 10.6 Å². The van der Waals surface area contributed by atoms with E-state index in [1.807, 2.05) is 18.2 Å². The Balaban J connectivity index is 1.61. The van der Waals surface area contributed by atoms with Crippen molar-refractivity contribution in [1.82, 2.24) is 10.3 Å². The second kappa shape index (κ2) is 7.44. The van der Waals surface area contributed by atoms with Gasteiger partial charge in [0, 0.05) is 30.8 Å². The molecule has 6 nitrogen and oxygen atoms in total. The molecule has 1 aromatic heterocycles. The molecule has 0 spiro atoms. The number of rotatable bonds is 8. The molecular formula is C19H27N3O3. The summed E-state index contributed by atoms with van der Waals surface area (Å²) in [4.78, 5) is 16.7. The van der Waals surface area contributed by atoms with Gasteiger partial charge < -0.3 is 20.2 Å². The van der Waals surface area contributed by atoms with Crippen LogP contribution in [0.5, 0.6) is 0 Å². The molecule has 0 saturated heterocycles. The Morgan fingerprint density at radius 2 is 2.12 bits per heavy atom. The highest BCUT2D eigenvalue weighted by molar-refractivity contribution is 5.91. The predicted octanol–water partition coefficient (Wildman–Crippen LogP) is 4.02. The minimum Gasteiger partial charge on any atom is -0.440 e. The molecule has 25 heavy (non-hydrogen) atoms. The number of oxazole rings is 1. The number of hydrogen-bond donors (Lipinski definition) is 3. The first-order valence-electron chi connectivity index (χ1n) is 9.15. The zero-order valence-electron chi connectivity index (χ0n) is 15.0. The van der Waals surface area contributed by atoms with Crippen molar-refractivity contribution in [3.63, 3.8) is 0 Å². The largest absolute Gasteiger partial charge is 0.440 e. The van der Waals surface area contributed by atoms with Crippen molar-refractivity contribution in [1.29, 1.82) is 0 Å². The molecular weight excluding hydrogens is 318 g/mol. The number of aliphatic hydroxyl groups is 1. The Kier molecular flexibility index (Phi) is 5.27. The number of hydrogen-bond acceptors (Lipinski definition) is 4. The average molecular weight is 345 g/mol. The molecule has 0 atom stereocenters. The van der Waals surface area contributed by atoms with Crippen molar-refractivity contribution in [2.45, 2.75) is 51.9 Å². The number of fused-ring (bicyclic) bond motifs is 1. The van der Waals surface area contributed by atoms with Crippen molar-refractivity contribution in [3.05, 3.63) is 24.1 Å². The van der Waals surface area contributed by atoms with Gasteiger partial charge in [-0.2, -0.15) is 0 Å². The van der Waals surface area contributed by atoms with Crippen LogP contribution in [0.1, 0.15) is 57.8 Å². The van der Waals surface area contributed by atoms with Gasteiger partial charge in [-0.3, -0.25) is 0 Å². The van der Waals surface area contributed by atoms with Gasteiger partial charge in [0.15, 0.2) is 11.5 Å². The molecule has 1 fully saturated rings. The van der Waals surface area contributed by atoms with E-state index in [9.17, 15) is 9.90 Å². The Bertz CT molecular complexity index is 733. The summed E-state index contributed by atoms with van der Waals surface area (Å²) in [6, 6.07) is 5.27. The van der Waals surface area contributed by atoms with Gasteiger partial charge in [-0.1, -0.05) is 13.8 Å². The van der Waals surface area contributed by atoms with E-state index in [1.165, 1.54) is 0 Å². The summed E-state index contributed by atoms with van der Waals surface area (Å²) in [6.45, 7) is 4.86. The van der Waals surface area contributed by atoms with Crippen LogP contribution in [-0.4, -0.2) is 29.3 Å². The number of anilines is 1. The molecule has 1 saturated carbocycles. The van der Waals surface area contributed by atoms with E-state index >= 15 is 0 Å². The first kappa shape index (κ1) is 17.7. The van der Waals surface area contributed by atoms with Crippen molar-refractivity contribution in [3.8, 4) is 0 Å². The van der Waals surface area contributed by atoms with E-state index in [0.29, 0.717) is 30.2 Å². The molecule has 3 N–H and O–H groups in total. The van der Waals surface area contributed by atoms with Crippen molar-refractivity contribution >= 4 is 22.8 Å². The van der Waals surface area contributed by atoms with E-state index < -0.39 is 0 Å². The van der Waals surface area contributed by atoms with Gasteiger partial charge in [0.05, 0.1) is 0 Å². The van der Waals surface area contributed by atoms with Gasteiger partial charge in [-0.25, -0.2) is 9.78 Å². The molecule has 0 bridgehead atoms. The molecule has 2 aromatic rings. The Morgan fingerprint density at radius 1 is 1.36 bits per heavy atom. The second-order valence-corrected chi connectivity index (χ2v) is 7.00. The van der Waals surface area contributed by atoms with Crippen molar-refractivity contribution < 1.29 is 14.3 Å². The lowest BCUT2D eigenvalue weighted by atomic mass is 9.79. The molecule has 0 radical (unpaired) electrons. The number of amides is 2. The van der Waals surface area contributed by atoms with Gasteiger partial charge in [0.2, 0.25) is 0 Å². The van der Waals surface area contributed by atoms with Crippen LogP contribution in [0.4, 0.5) is 10.5 Å². The summed E-state index contributed by atoms with van der Waals surface area (Å²) in [6.07, 6.45) is 4.81. The molecule has 1 aromatic carbocycles. The fraction of sp³-hybridized carbons (Fsp3) is 0.579. The van der Waals surface area contributed by atoms with Crippen LogP contribution in [0.15, 0.2) is 22.6 Å². The standard InChI is InChI=1S/C19H27N3O3/c1-3-19(4-2,9-10-23)12-20-18(24)21-14-7-8-15-16(11-14)25-17(22-15)13-5-6-13/h7-8,11,13,23H,3-6,9-10,12H2,1-2H3,(H2,20,21,24). The van der Waals surface area contributed by atoms with Crippen LogP contribution in [-0.2, 0) is 0 Å². The number of nitrogens with one attached hydrogen (secondary N) is 2. The zero-order chi connectivity index (χ0) is 17.9. The van der Waals surface area contributed by atoms with Crippen LogP contribution in [0.3, 0.4) is 0 Å². The van der Waals surface area contributed by atoms with Gasteiger partial charge in [0.1, 0.15) is 5.52 Å². The smallest absolute Gasteiger partial charge is 0.319 e. The van der Waals surface area contributed by atoms with Gasteiger partial charge in [-0.05, 0) is 49.7 Å². The quantitative estimate of drug-likeness (QED) is 0.674. The third-order valence-corrected chi connectivity index (χ3v) is 5.36. The minimum absolute atomic E-state index is 0.0554. The van der Waals surface area contributed by atoms with Crippen LogP contribution in [0.2, 0.25) is 0 Å². The van der Waals surface area contributed by atoms with Gasteiger partial charge >= 0.3 is 6.03 Å². The van der Waals surface area contributed by atoms with Gasteiger partial charge in [0.25, 0.3) is 0 Å². The van der Waals surface area contributed by atoms with Crippen LogP contribution in [0, 0.1) is 5.41 Å². The first-order valence-corrected chi connectivity index (χ1v) is 9.15. The van der Waals surface area contributed by atoms with E-state index in [1.54, 1.807) is 0 Å². The fourth-order valence-electron chi connectivity index (χ4n) is 3.15. The highest BCUT2D eigenvalue weighted by Crippen LogP contribution is 2.40. The average Bonchev–Trinajstić information content (AvgIpc) is 3.38. The summed E-state index contributed by atoms with van der Waals surface area (Å²) in [5, 5.41) is 15.0. The molecule has 2 amide bonds. The van der Waals surface area contributed by atoms with E-state index in [0.717, 1.165) is 37.1 Å². The summed E-state index contributed by atoms with van der Waals surface area (Å²) in [5.74, 6) is 1.27. The lowest BCUT2D eigenvalue weighted by Gasteiger charge is -2.31. The number of aliphatic hydroxyl groups excluding tert-OH is 1.